The van der Waals surface area contributed by atoms with Gasteiger partial charge in [-0.05, 0) is 0 Å². The molecular weight excluding hydrogens is 408 g/mol. The summed E-state index contributed by atoms with van der Waals surface area (Å²) in [4.78, 5) is 29.5. The van der Waals surface area contributed by atoms with Gasteiger partial charge in [-0.15, -0.1) is 0 Å². The molecule has 5 aromatic rings. The first-order chi connectivity index (χ1) is 14.4. The molecule has 0 fully saturated rings. The van der Waals surface area contributed by atoms with Crippen molar-refractivity contribution in [3.8, 4) is 12.1 Å². The largest absolute Gasteiger partial charge is 0.269 e. The number of benzene rings is 1. The second-order valence-corrected chi connectivity index (χ2v) is 5.72. The van der Waals surface area contributed by atoms with Gasteiger partial charge in [0, 0.05) is 0 Å². The van der Waals surface area contributed by atoms with Gasteiger partial charge in [-0.1, -0.05) is 0 Å². The zero-order chi connectivity index (χ0) is 21.2. The number of aromatic nitrogens is 8. The van der Waals surface area contributed by atoms with Gasteiger partial charge in [-0.3, -0.25) is 0 Å². The molecule has 10 nitrogen and oxygen atoms in total. The highest BCUT2D eigenvalue weighted by Crippen LogP contribution is 2.30. The Morgan fingerprint density at radius 1 is 0.433 bits per heavy atom. The summed E-state index contributed by atoms with van der Waals surface area (Å²) in [6.07, 6.45) is 0. The smallest absolute Gasteiger partial charge is 0.221 e. The zero-order valence-corrected chi connectivity index (χ0v) is 14.0. The summed E-state index contributed by atoms with van der Waals surface area (Å²) in [7, 11) is 0. The standard InChI is InChI=1S/C16F4N10/c17-11-13(19)27-7-5(25-11)6-8(28-14(20)12(18)26-6)10-9(7)29-15-16(30-10)24-4(2-22)3(1-21)23-15. The lowest BCUT2D eigenvalue weighted by atomic mass is 10.2. The summed E-state index contributed by atoms with van der Waals surface area (Å²) in [5, 5.41) is 18.2. The van der Waals surface area contributed by atoms with E-state index in [2.05, 4.69) is 39.9 Å². The van der Waals surface area contributed by atoms with Crippen molar-refractivity contribution in [2.24, 2.45) is 0 Å². The molecule has 0 bridgehead atoms. The molecule has 1 aromatic carbocycles. The van der Waals surface area contributed by atoms with Crippen LogP contribution in [0.2, 0.25) is 0 Å². The molecule has 4 aromatic heterocycles. The van der Waals surface area contributed by atoms with Crippen molar-refractivity contribution in [2.45, 2.75) is 0 Å². The van der Waals surface area contributed by atoms with Crippen molar-refractivity contribution < 1.29 is 17.6 Å². The van der Waals surface area contributed by atoms with Crippen molar-refractivity contribution in [1.82, 2.24) is 39.9 Å². The van der Waals surface area contributed by atoms with E-state index in [1.807, 2.05) is 0 Å². The van der Waals surface area contributed by atoms with Gasteiger partial charge in [0.05, 0.1) is 0 Å². The highest BCUT2D eigenvalue weighted by Gasteiger charge is 2.23. The van der Waals surface area contributed by atoms with E-state index in [9.17, 15) is 17.6 Å². The fourth-order valence-corrected chi connectivity index (χ4v) is 2.82. The molecule has 0 radical (unpaired) electrons. The lowest BCUT2D eigenvalue weighted by molar-refractivity contribution is 0.457. The second-order valence-electron chi connectivity index (χ2n) is 5.72. The van der Waals surface area contributed by atoms with Crippen LogP contribution in [0.1, 0.15) is 11.4 Å². The van der Waals surface area contributed by atoms with Crippen LogP contribution in [0.25, 0.3) is 44.4 Å². The molecule has 0 unspecified atom stereocenters. The first kappa shape index (κ1) is 17.4. The van der Waals surface area contributed by atoms with E-state index in [0.29, 0.717) is 0 Å². The first-order valence-corrected chi connectivity index (χ1v) is 7.78. The van der Waals surface area contributed by atoms with Crippen LogP contribution >= 0.6 is 0 Å². The molecule has 0 N–H and O–H groups in total. The number of nitriles is 2. The van der Waals surface area contributed by atoms with E-state index < -0.39 is 34.8 Å². The maximum atomic E-state index is 13.8. The molecule has 0 spiro atoms. The summed E-state index contributed by atoms with van der Waals surface area (Å²) in [6, 6.07) is 3.34. The van der Waals surface area contributed by atoms with Crippen molar-refractivity contribution in [3.63, 3.8) is 0 Å². The molecule has 0 saturated heterocycles. The van der Waals surface area contributed by atoms with E-state index in [1.54, 1.807) is 12.1 Å². The third-order valence-corrected chi connectivity index (χ3v) is 4.03. The van der Waals surface area contributed by atoms with Crippen molar-refractivity contribution >= 4 is 44.4 Å². The Hall–Kier alpha value is -4.72. The maximum absolute atomic E-state index is 13.8. The van der Waals surface area contributed by atoms with Gasteiger partial charge in [-0.2, -0.15) is 28.1 Å². The number of halogens is 4. The van der Waals surface area contributed by atoms with Crippen molar-refractivity contribution in [2.75, 3.05) is 0 Å². The zero-order valence-electron chi connectivity index (χ0n) is 14.0. The number of rotatable bonds is 0. The van der Waals surface area contributed by atoms with Crippen LogP contribution in [0.4, 0.5) is 17.6 Å². The number of hydrogen-bond donors (Lipinski definition) is 0. The molecule has 0 amide bonds. The Balaban J connectivity index is 2.09. The Labute approximate surface area is 160 Å². The van der Waals surface area contributed by atoms with E-state index in [1.165, 1.54) is 0 Å². The lowest BCUT2D eigenvalue weighted by Gasteiger charge is -2.08. The molecule has 14 heteroatoms. The second kappa shape index (κ2) is 5.89. The molecule has 0 atom stereocenters. The number of hydrogen-bond acceptors (Lipinski definition) is 10. The SMILES string of the molecule is N#Cc1nc2nc3c4nc(F)c(F)nc4c4nc(F)c(F)nc4c3nc2nc1C#N. The van der Waals surface area contributed by atoms with Crippen molar-refractivity contribution in [3.05, 3.63) is 35.2 Å². The van der Waals surface area contributed by atoms with Gasteiger partial charge < -0.3 is 0 Å². The summed E-state index contributed by atoms with van der Waals surface area (Å²) < 4.78 is 55.0. The number of fused-ring (bicyclic) bond motifs is 7. The normalized spacial score (nSPS) is 11.3. The summed E-state index contributed by atoms with van der Waals surface area (Å²) in [6.45, 7) is 0. The van der Waals surface area contributed by atoms with Gasteiger partial charge in [0.2, 0.25) is 0 Å². The Morgan fingerprint density at radius 2 is 0.700 bits per heavy atom. The van der Waals surface area contributed by atoms with E-state index in [-0.39, 0.29) is 44.7 Å². The van der Waals surface area contributed by atoms with Crippen LogP contribution in [-0.2, 0) is 0 Å². The van der Waals surface area contributed by atoms with Crippen LogP contribution < -0.4 is 0 Å². The minimum Gasteiger partial charge on any atom is -0.221 e. The molecule has 0 aliphatic rings. The third kappa shape index (κ3) is 2.27. The van der Waals surface area contributed by atoms with Gasteiger partial charge in [-0.25, -0.2) is 39.9 Å². The van der Waals surface area contributed by atoms with Gasteiger partial charge in [0.15, 0.2) is 22.7 Å². The number of nitrogens with zero attached hydrogens (tertiary/aromatic N) is 10. The monoisotopic (exact) mass is 408 g/mol. The minimum absolute atomic E-state index is 0.235. The van der Waals surface area contributed by atoms with Crippen molar-refractivity contribution in [1.29, 1.82) is 10.5 Å². The molecule has 142 valence electrons. The summed E-state index contributed by atoms with van der Waals surface area (Å²) in [5.41, 5.74) is -3.32. The van der Waals surface area contributed by atoms with Crippen LogP contribution in [0.15, 0.2) is 0 Å². The molecular formula is C16F4N10. The fraction of sp³-hybridized carbons (Fsp3) is 0. The van der Waals surface area contributed by atoms with Crippen LogP contribution in [-0.4, -0.2) is 39.9 Å². The molecule has 30 heavy (non-hydrogen) atoms. The van der Waals surface area contributed by atoms with Crippen LogP contribution in [0, 0.1) is 46.5 Å². The Morgan fingerprint density at radius 3 is 0.967 bits per heavy atom. The van der Waals surface area contributed by atoms with E-state index in [4.69, 9.17) is 10.5 Å². The average molecular weight is 408 g/mol. The van der Waals surface area contributed by atoms with Gasteiger partial charge >= 0.3 is 0 Å². The first-order valence-electron chi connectivity index (χ1n) is 7.78. The quantitative estimate of drug-likeness (QED) is 0.211. The van der Waals surface area contributed by atoms with E-state index in [0.717, 1.165) is 0 Å². The molecule has 5 rings (SSSR count). The van der Waals surface area contributed by atoms with Gasteiger partial charge in [0.1, 0.15) is 45.2 Å². The topological polar surface area (TPSA) is 151 Å². The van der Waals surface area contributed by atoms with Crippen LogP contribution in [0.5, 0.6) is 0 Å². The molecule has 0 saturated carbocycles. The summed E-state index contributed by atoms with van der Waals surface area (Å²) >= 11 is 0. The van der Waals surface area contributed by atoms with E-state index >= 15 is 0 Å². The third-order valence-electron chi connectivity index (χ3n) is 4.03. The Kier molecular flexibility index (Phi) is 3.41. The maximum Gasteiger partial charge on any atom is 0.269 e. The average Bonchev–Trinajstić information content (AvgIpc) is 2.74. The minimum atomic E-state index is -1.60. The molecule has 0 aliphatic heterocycles. The predicted molar refractivity (Wildman–Crippen MR) is 88.1 cm³/mol. The predicted octanol–water partition coefficient (Wildman–Crippen LogP) is 1.76. The Bertz CT molecular complexity index is 1550. The van der Waals surface area contributed by atoms with Crippen LogP contribution in [0.3, 0.4) is 0 Å². The molecule has 4 heterocycles. The molecule has 0 aliphatic carbocycles. The highest BCUT2D eigenvalue weighted by atomic mass is 19.2. The summed E-state index contributed by atoms with van der Waals surface area (Å²) in [5.74, 6) is -6.37. The van der Waals surface area contributed by atoms with Gasteiger partial charge in [0.25, 0.3) is 23.8 Å². The fourth-order valence-electron chi connectivity index (χ4n) is 2.82. The lowest BCUT2D eigenvalue weighted by Crippen LogP contribution is -2.05. The highest BCUT2D eigenvalue weighted by molar-refractivity contribution is 6.18.